The molecular weight excluding hydrogens is 212 g/mol. The van der Waals surface area contributed by atoms with Crippen molar-refractivity contribution in [2.45, 2.75) is 6.92 Å². The molecule has 0 amide bonds. The van der Waals surface area contributed by atoms with Crippen LogP contribution in [0.5, 0.6) is 5.75 Å². The quantitative estimate of drug-likeness (QED) is 0.674. The Balaban J connectivity index is 2.32. The van der Waals surface area contributed by atoms with Crippen LogP contribution in [0.3, 0.4) is 0 Å². The number of hydrogen-bond donors (Lipinski definition) is 1. The van der Waals surface area contributed by atoms with Gasteiger partial charge in [0.1, 0.15) is 11.3 Å². The fraction of sp³-hybridized carbons (Fsp3) is 0.0667. The first-order chi connectivity index (χ1) is 8.25. The molecule has 1 N–H and O–H groups in total. The Kier molecular flexibility index (Phi) is 2.15. The van der Waals surface area contributed by atoms with Crippen molar-refractivity contribution >= 4 is 11.0 Å². The van der Waals surface area contributed by atoms with Crippen molar-refractivity contribution in [2.24, 2.45) is 0 Å². The molecule has 3 rings (SSSR count). The van der Waals surface area contributed by atoms with Crippen molar-refractivity contribution in [2.75, 3.05) is 0 Å². The van der Waals surface area contributed by atoms with E-state index in [1.165, 1.54) is 0 Å². The number of aromatic hydroxyl groups is 1. The summed E-state index contributed by atoms with van der Waals surface area (Å²) >= 11 is 0. The van der Waals surface area contributed by atoms with Crippen LogP contribution in [0.4, 0.5) is 0 Å². The highest BCUT2D eigenvalue weighted by molar-refractivity contribution is 5.96. The lowest BCUT2D eigenvalue weighted by atomic mass is 10.0. The van der Waals surface area contributed by atoms with Gasteiger partial charge in [0.15, 0.2) is 0 Å². The summed E-state index contributed by atoms with van der Waals surface area (Å²) in [4.78, 5) is 0. The van der Waals surface area contributed by atoms with E-state index in [0.29, 0.717) is 0 Å². The lowest BCUT2D eigenvalue weighted by Gasteiger charge is -2.01. The van der Waals surface area contributed by atoms with Gasteiger partial charge in [-0.2, -0.15) is 0 Å². The molecule has 0 unspecified atom stereocenters. The Labute approximate surface area is 99.1 Å². The first-order valence-electron chi connectivity index (χ1n) is 5.52. The van der Waals surface area contributed by atoms with Gasteiger partial charge in [0.2, 0.25) is 0 Å². The number of fused-ring (bicyclic) bond motifs is 1. The molecule has 0 saturated heterocycles. The minimum absolute atomic E-state index is 0.240. The fourth-order valence-corrected chi connectivity index (χ4v) is 2.19. The van der Waals surface area contributed by atoms with Gasteiger partial charge in [0.05, 0.1) is 6.26 Å². The van der Waals surface area contributed by atoms with Gasteiger partial charge in [0.25, 0.3) is 0 Å². The average molecular weight is 224 g/mol. The van der Waals surface area contributed by atoms with Crippen molar-refractivity contribution in [3.63, 3.8) is 0 Å². The van der Waals surface area contributed by atoms with Gasteiger partial charge in [-0.3, -0.25) is 0 Å². The number of aryl methyl sites for hydroxylation is 1. The molecular formula is C15H12O2. The lowest BCUT2D eigenvalue weighted by molar-refractivity contribution is 0.474. The Bertz CT molecular complexity index is 666. The molecule has 0 fully saturated rings. The Morgan fingerprint density at radius 2 is 1.82 bits per heavy atom. The Hall–Kier alpha value is -2.22. The first-order valence-corrected chi connectivity index (χ1v) is 5.52. The summed E-state index contributed by atoms with van der Waals surface area (Å²) < 4.78 is 5.51. The van der Waals surface area contributed by atoms with E-state index in [2.05, 4.69) is 12.1 Å². The van der Waals surface area contributed by atoms with Crippen LogP contribution in [0.25, 0.3) is 22.1 Å². The zero-order chi connectivity index (χ0) is 11.8. The van der Waals surface area contributed by atoms with E-state index < -0.39 is 0 Å². The van der Waals surface area contributed by atoms with Crippen LogP contribution in [0.15, 0.2) is 53.1 Å². The van der Waals surface area contributed by atoms with Crippen molar-refractivity contribution in [1.29, 1.82) is 0 Å². The monoisotopic (exact) mass is 224 g/mol. The second-order valence-electron chi connectivity index (χ2n) is 4.15. The SMILES string of the molecule is Cc1cc(O)cc2occ(-c3ccccc3)c12. The van der Waals surface area contributed by atoms with E-state index >= 15 is 0 Å². The maximum atomic E-state index is 9.53. The molecule has 2 heteroatoms. The van der Waals surface area contributed by atoms with E-state index in [1.54, 1.807) is 18.4 Å². The zero-order valence-corrected chi connectivity index (χ0v) is 9.47. The molecule has 0 radical (unpaired) electrons. The van der Waals surface area contributed by atoms with E-state index in [0.717, 1.165) is 27.7 Å². The Morgan fingerprint density at radius 3 is 2.59 bits per heavy atom. The molecule has 17 heavy (non-hydrogen) atoms. The molecule has 0 saturated carbocycles. The lowest BCUT2D eigenvalue weighted by Crippen LogP contribution is -1.79. The number of benzene rings is 2. The van der Waals surface area contributed by atoms with Gasteiger partial charge in [-0.15, -0.1) is 0 Å². The molecule has 2 nitrogen and oxygen atoms in total. The third kappa shape index (κ3) is 1.58. The summed E-state index contributed by atoms with van der Waals surface area (Å²) in [6, 6.07) is 13.5. The molecule has 1 heterocycles. The van der Waals surface area contributed by atoms with E-state index in [4.69, 9.17) is 4.42 Å². The topological polar surface area (TPSA) is 33.4 Å². The predicted molar refractivity (Wildman–Crippen MR) is 68.1 cm³/mol. The van der Waals surface area contributed by atoms with Crippen molar-refractivity contribution in [3.05, 3.63) is 54.3 Å². The van der Waals surface area contributed by atoms with Crippen LogP contribution in [0.2, 0.25) is 0 Å². The molecule has 0 bridgehead atoms. The molecule has 1 aromatic heterocycles. The number of phenolic OH excluding ortho intramolecular Hbond substituents is 1. The second kappa shape index (κ2) is 3.67. The molecule has 0 aliphatic rings. The van der Waals surface area contributed by atoms with Gasteiger partial charge in [-0.1, -0.05) is 30.3 Å². The van der Waals surface area contributed by atoms with Crippen LogP contribution in [0, 0.1) is 6.92 Å². The highest BCUT2D eigenvalue weighted by Crippen LogP contribution is 2.34. The van der Waals surface area contributed by atoms with Gasteiger partial charge in [0, 0.05) is 17.0 Å². The van der Waals surface area contributed by atoms with Crippen LogP contribution in [0.1, 0.15) is 5.56 Å². The summed E-state index contributed by atoms with van der Waals surface area (Å²) in [6.07, 6.45) is 1.74. The highest BCUT2D eigenvalue weighted by atomic mass is 16.3. The highest BCUT2D eigenvalue weighted by Gasteiger charge is 2.11. The van der Waals surface area contributed by atoms with Crippen molar-refractivity contribution in [3.8, 4) is 16.9 Å². The minimum Gasteiger partial charge on any atom is -0.508 e. The standard InChI is InChI=1S/C15H12O2/c1-10-7-12(16)8-14-15(10)13(9-17-14)11-5-3-2-4-6-11/h2-9,16H,1H3. The largest absolute Gasteiger partial charge is 0.508 e. The molecule has 0 atom stereocenters. The maximum Gasteiger partial charge on any atom is 0.138 e. The van der Waals surface area contributed by atoms with Crippen molar-refractivity contribution in [1.82, 2.24) is 0 Å². The Morgan fingerprint density at radius 1 is 1.06 bits per heavy atom. The van der Waals surface area contributed by atoms with Gasteiger partial charge >= 0.3 is 0 Å². The van der Waals surface area contributed by atoms with Gasteiger partial charge in [-0.05, 0) is 24.1 Å². The first kappa shape index (κ1) is 9.97. The molecule has 0 aliphatic heterocycles. The van der Waals surface area contributed by atoms with Gasteiger partial charge < -0.3 is 9.52 Å². The van der Waals surface area contributed by atoms with E-state index in [9.17, 15) is 5.11 Å². The molecule has 0 aliphatic carbocycles. The number of phenols is 1. The fourth-order valence-electron chi connectivity index (χ4n) is 2.19. The average Bonchev–Trinajstić information content (AvgIpc) is 2.74. The summed E-state index contributed by atoms with van der Waals surface area (Å²) in [5, 5.41) is 10.6. The van der Waals surface area contributed by atoms with Crippen molar-refractivity contribution < 1.29 is 9.52 Å². The number of furan rings is 1. The summed E-state index contributed by atoms with van der Waals surface area (Å²) in [5.41, 5.74) is 3.94. The summed E-state index contributed by atoms with van der Waals surface area (Å²) in [6.45, 7) is 1.98. The maximum absolute atomic E-state index is 9.53. The second-order valence-corrected chi connectivity index (χ2v) is 4.15. The third-order valence-electron chi connectivity index (χ3n) is 2.94. The summed E-state index contributed by atoms with van der Waals surface area (Å²) in [5.74, 6) is 0.240. The molecule has 3 aromatic rings. The zero-order valence-electron chi connectivity index (χ0n) is 9.47. The molecule has 0 spiro atoms. The van der Waals surface area contributed by atoms with E-state index in [1.807, 2.05) is 25.1 Å². The predicted octanol–water partition coefficient (Wildman–Crippen LogP) is 4.11. The van der Waals surface area contributed by atoms with E-state index in [-0.39, 0.29) is 5.75 Å². The number of hydrogen-bond acceptors (Lipinski definition) is 2. The molecule has 2 aromatic carbocycles. The van der Waals surface area contributed by atoms with Crippen LogP contribution in [-0.2, 0) is 0 Å². The van der Waals surface area contributed by atoms with Crippen LogP contribution >= 0.6 is 0 Å². The van der Waals surface area contributed by atoms with Crippen LogP contribution in [-0.4, -0.2) is 5.11 Å². The summed E-state index contributed by atoms with van der Waals surface area (Å²) in [7, 11) is 0. The normalized spacial score (nSPS) is 10.9. The molecule has 84 valence electrons. The van der Waals surface area contributed by atoms with Gasteiger partial charge in [-0.25, -0.2) is 0 Å². The smallest absolute Gasteiger partial charge is 0.138 e. The number of rotatable bonds is 1. The third-order valence-corrected chi connectivity index (χ3v) is 2.94. The van der Waals surface area contributed by atoms with Crippen LogP contribution < -0.4 is 0 Å². The minimum atomic E-state index is 0.240.